The second-order valence-electron chi connectivity index (χ2n) is 29.0. The van der Waals surface area contributed by atoms with Gasteiger partial charge in [0.15, 0.2) is 12.4 Å². The van der Waals surface area contributed by atoms with E-state index >= 15 is 0 Å². The topological polar surface area (TPSA) is 111 Å². The number of allylic oxidation sites excluding steroid dienone is 22. The molecule has 0 aliphatic carbocycles. The summed E-state index contributed by atoms with van der Waals surface area (Å²) >= 11 is 0. The monoisotopic (exact) mass is 1390 g/mol. The highest BCUT2D eigenvalue weighted by Crippen LogP contribution is 2.19. The molecule has 0 aromatic heterocycles. The first-order chi connectivity index (χ1) is 49.1. The molecule has 0 rings (SSSR count). The van der Waals surface area contributed by atoms with E-state index in [1.165, 1.54) is 218 Å². The van der Waals surface area contributed by atoms with Crippen molar-refractivity contribution in [3.63, 3.8) is 0 Å². The summed E-state index contributed by atoms with van der Waals surface area (Å²) in [6.07, 6.45) is 113. The molecule has 9 heteroatoms. The van der Waals surface area contributed by atoms with Gasteiger partial charge in [-0.15, -0.1) is 0 Å². The number of rotatable bonds is 77. The lowest BCUT2D eigenvalue weighted by Gasteiger charge is -2.26. The maximum Gasteiger partial charge on any atom is 0.306 e. The number of aliphatic carboxylic acids is 1. The average molecular weight is 1390 g/mol. The second kappa shape index (κ2) is 80.1. The molecule has 0 saturated carbocycles. The summed E-state index contributed by atoms with van der Waals surface area (Å²) in [7, 11) is 5.93. The Hall–Kier alpha value is -4.57. The van der Waals surface area contributed by atoms with Gasteiger partial charge in [-0.05, 0) is 96.3 Å². The fourth-order valence-corrected chi connectivity index (χ4v) is 11.8. The summed E-state index contributed by atoms with van der Waals surface area (Å²) in [6, 6.07) is 0. The fraction of sp³-hybridized carbons (Fsp3) is 0.725. The predicted octanol–water partition coefficient (Wildman–Crippen LogP) is 25.9. The van der Waals surface area contributed by atoms with Gasteiger partial charge >= 0.3 is 11.9 Å². The first kappa shape index (κ1) is 95.4. The molecule has 2 unspecified atom stereocenters. The van der Waals surface area contributed by atoms with Crippen LogP contribution in [0.1, 0.15) is 367 Å². The van der Waals surface area contributed by atoms with Crippen molar-refractivity contribution >= 4 is 17.9 Å². The summed E-state index contributed by atoms with van der Waals surface area (Å²) in [5.41, 5.74) is 0. The molecule has 0 saturated heterocycles. The number of likely N-dealkylation sites (N-methyl/N-ethyl adjacent to an activating group) is 1. The zero-order valence-electron chi connectivity index (χ0n) is 65.8. The number of carboxylic acids is 1. The number of esters is 2. The second-order valence-corrected chi connectivity index (χ2v) is 29.0. The average Bonchev–Trinajstić information content (AvgIpc) is 1.08. The largest absolute Gasteiger partial charge is 0.545 e. The van der Waals surface area contributed by atoms with E-state index in [4.69, 9.17) is 18.9 Å². The lowest BCUT2D eigenvalue weighted by molar-refractivity contribution is -0.870. The predicted molar refractivity (Wildman–Crippen MR) is 430 cm³/mol. The van der Waals surface area contributed by atoms with Gasteiger partial charge in [0.25, 0.3) is 0 Å². The number of carbonyl (C=O) groups is 3. The minimum Gasteiger partial charge on any atom is -0.545 e. The van der Waals surface area contributed by atoms with Gasteiger partial charge in [-0.3, -0.25) is 9.59 Å². The van der Waals surface area contributed by atoms with Crippen molar-refractivity contribution in [2.75, 3.05) is 47.5 Å². The summed E-state index contributed by atoms with van der Waals surface area (Å²) in [5, 5.41) is 11.9. The van der Waals surface area contributed by atoms with E-state index in [1.807, 2.05) is 21.1 Å². The van der Waals surface area contributed by atoms with Crippen molar-refractivity contribution in [1.29, 1.82) is 0 Å². The molecule has 0 aromatic carbocycles. The van der Waals surface area contributed by atoms with Gasteiger partial charge in [0.05, 0.1) is 40.3 Å². The molecule has 100 heavy (non-hydrogen) atoms. The Bertz CT molecular complexity index is 2120. The van der Waals surface area contributed by atoms with Crippen molar-refractivity contribution < 1.29 is 42.9 Å². The van der Waals surface area contributed by atoms with Crippen LogP contribution in [-0.4, -0.2) is 82.3 Å². The highest BCUT2D eigenvalue weighted by atomic mass is 16.7. The van der Waals surface area contributed by atoms with E-state index in [0.29, 0.717) is 17.4 Å². The van der Waals surface area contributed by atoms with Gasteiger partial charge in [-0.2, -0.15) is 0 Å². The molecule has 9 nitrogen and oxygen atoms in total. The Morgan fingerprint density at radius 3 is 0.850 bits per heavy atom. The Kier molecular flexibility index (Phi) is 76.5. The number of unbranched alkanes of at least 4 members (excludes halogenated alkanes) is 40. The van der Waals surface area contributed by atoms with Crippen LogP contribution in [0, 0.1) is 0 Å². The third-order valence-corrected chi connectivity index (χ3v) is 18.2. The van der Waals surface area contributed by atoms with Crippen molar-refractivity contribution in [3.05, 3.63) is 134 Å². The van der Waals surface area contributed by atoms with Crippen LogP contribution in [0.5, 0.6) is 0 Å². The molecule has 0 fully saturated rings. The van der Waals surface area contributed by atoms with E-state index in [2.05, 4.69) is 148 Å². The standard InChI is InChI=1S/C91H157NO8/c1-6-8-10-12-14-16-18-20-22-24-26-28-30-32-34-36-38-40-42-43-44-45-46-47-48-50-52-54-56-58-60-62-64-66-68-70-72-74-76-78-80-82-89(94)100-87(86-99-91(90(95)96)97-84-83-92(3,4)5)85-98-88(93)81-79-77-75-73-71-69-67-65-63-61-59-57-55-53-51-49-41-39-37-35-33-31-29-27-25-23-21-19-17-15-13-11-9-7-2/h8,10,14,16,20,22,26,28,32,34,38,40,43-44,46-47,50,52,56,58,62,64,87,91H,6-7,9,11-13,15,17-19,21,23-25,27,29-31,33,35-37,39,41-42,45,48-49,51,53-55,57,59-61,63,65-86H2,1-5H3/b10-8-,16-14-,22-20-,28-26-,34-32-,40-38-,44-43-,47-46-,52-50-,58-56-,64-62-. The summed E-state index contributed by atoms with van der Waals surface area (Å²) < 4.78 is 22.9. The zero-order valence-corrected chi connectivity index (χ0v) is 65.8. The fourth-order valence-electron chi connectivity index (χ4n) is 11.8. The van der Waals surface area contributed by atoms with Crippen LogP contribution in [0.4, 0.5) is 0 Å². The van der Waals surface area contributed by atoms with E-state index in [0.717, 1.165) is 116 Å². The molecule has 0 amide bonds. The SMILES string of the molecule is CC/C=C\C/C=C\C/C=C\C/C=C\C/C=C\C/C=C\C/C=C\C/C=C\C/C=C\C/C=C\C/C=C\CCCCCCCCCC(=O)OC(COC(=O)CCCCCCCCCCCCCCCCCCCCCCCCCCCCCCCCCCCC)COC(OCC[N+](C)(C)C)C(=O)[O-]. The van der Waals surface area contributed by atoms with Gasteiger partial charge in [0.1, 0.15) is 13.2 Å². The minimum absolute atomic E-state index is 0.141. The molecule has 0 bridgehead atoms. The zero-order chi connectivity index (χ0) is 72.5. The summed E-state index contributed by atoms with van der Waals surface area (Å²) in [4.78, 5) is 37.6. The minimum atomic E-state index is -1.63. The maximum absolute atomic E-state index is 13.0. The van der Waals surface area contributed by atoms with E-state index in [-0.39, 0.29) is 38.6 Å². The first-order valence-electron chi connectivity index (χ1n) is 41.8. The first-order valence-corrected chi connectivity index (χ1v) is 41.8. The molecule has 0 aliphatic heterocycles. The molecule has 0 N–H and O–H groups in total. The van der Waals surface area contributed by atoms with Crippen molar-refractivity contribution in [3.8, 4) is 0 Å². The Balaban J connectivity index is 4.08. The molecule has 0 radical (unpaired) electrons. The highest BCUT2D eigenvalue weighted by molar-refractivity contribution is 5.70. The molecule has 0 heterocycles. The summed E-state index contributed by atoms with van der Waals surface area (Å²) in [5.74, 6) is -2.29. The van der Waals surface area contributed by atoms with Crippen LogP contribution in [0.3, 0.4) is 0 Å². The highest BCUT2D eigenvalue weighted by Gasteiger charge is 2.22. The van der Waals surface area contributed by atoms with Crippen LogP contribution in [0.2, 0.25) is 0 Å². The number of hydrogen-bond acceptors (Lipinski definition) is 8. The molecular formula is C91H157NO8. The molecule has 0 spiro atoms. The Morgan fingerprint density at radius 1 is 0.310 bits per heavy atom. The third-order valence-electron chi connectivity index (χ3n) is 18.2. The van der Waals surface area contributed by atoms with Gasteiger partial charge in [0, 0.05) is 12.8 Å². The van der Waals surface area contributed by atoms with Gasteiger partial charge in [-0.25, -0.2) is 0 Å². The number of ether oxygens (including phenoxy) is 4. The molecular weight excluding hydrogens is 1230 g/mol. The number of carbonyl (C=O) groups excluding carboxylic acids is 3. The Morgan fingerprint density at radius 2 is 0.570 bits per heavy atom. The molecule has 574 valence electrons. The quantitative estimate of drug-likeness (QED) is 0.0195. The number of nitrogens with zero attached hydrogens (tertiary/aromatic N) is 1. The number of carboxylic acid groups (broad SMARTS) is 1. The molecule has 2 atom stereocenters. The smallest absolute Gasteiger partial charge is 0.306 e. The molecule has 0 aliphatic rings. The van der Waals surface area contributed by atoms with Crippen LogP contribution in [-0.2, 0) is 33.3 Å². The van der Waals surface area contributed by atoms with Gasteiger partial charge in [-0.1, -0.05) is 392 Å². The summed E-state index contributed by atoms with van der Waals surface area (Å²) in [6.45, 7) is 4.66. The van der Waals surface area contributed by atoms with Crippen LogP contribution < -0.4 is 5.11 Å². The lowest BCUT2D eigenvalue weighted by Crippen LogP contribution is -2.44. The third kappa shape index (κ3) is 80.7. The number of quaternary nitrogens is 1. The van der Waals surface area contributed by atoms with Crippen molar-refractivity contribution in [2.45, 2.75) is 379 Å². The van der Waals surface area contributed by atoms with Crippen LogP contribution >= 0.6 is 0 Å². The van der Waals surface area contributed by atoms with Gasteiger partial charge in [0.2, 0.25) is 0 Å². The molecule has 0 aromatic rings. The Labute approximate surface area is 618 Å². The van der Waals surface area contributed by atoms with E-state index in [1.54, 1.807) is 0 Å². The van der Waals surface area contributed by atoms with Crippen LogP contribution in [0.25, 0.3) is 0 Å². The van der Waals surface area contributed by atoms with Gasteiger partial charge < -0.3 is 33.3 Å². The normalized spacial score (nSPS) is 13.3. The van der Waals surface area contributed by atoms with Crippen molar-refractivity contribution in [1.82, 2.24) is 0 Å². The number of hydrogen-bond donors (Lipinski definition) is 0. The van der Waals surface area contributed by atoms with Crippen molar-refractivity contribution in [2.24, 2.45) is 0 Å². The van der Waals surface area contributed by atoms with E-state index in [9.17, 15) is 19.5 Å². The van der Waals surface area contributed by atoms with Crippen LogP contribution in [0.15, 0.2) is 134 Å². The lowest BCUT2D eigenvalue weighted by atomic mass is 10.0. The van der Waals surface area contributed by atoms with E-state index < -0.39 is 24.3 Å². The maximum atomic E-state index is 13.0.